The van der Waals surface area contributed by atoms with Crippen molar-refractivity contribution in [2.75, 3.05) is 0 Å². The van der Waals surface area contributed by atoms with Crippen LogP contribution in [-0.2, 0) is 13.2 Å². The Hall–Kier alpha value is -1.84. The van der Waals surface area contributed by atoms with Gasteiger partial charge >= 0.3 is 0 Å². The van der Waals surface area contributed by atoms with Crippen molar-refractivity contribution in [2.24, 2.45) is 0 Å². The van der Waals surface area contributed by atoms with Gasteiger partial charge in [-0.25, -0.2) is 9.67 Å². The Labute approximate surface area is 120 Å². The van der Waals surface area contributed by atoms with E-state index in [4.69, 9.17) is 4.74 Å². The molecule has 20 heavy (non-hydrogen) atoms. The van der Waals surface area contributed by atoms with Crippen molar-refractivity contribution in [1.29, 1.82) is 0 Å². The summed E-state index contributed by atoms with van der Waals surface area (Å²) in [5, 5.41) is 4.19. The first-order chi connectivity index (χ1) is 9.74. The van der Waals surface area contributed by atoms with Crippen LogP contribution in [0.5, 0.6) is 5.75 Å². The molecule has 1 unspecified atom stereocenters. The summed E-state index contributed by atoms with van der Waals surface area (Å²) in [6, 6.07) is 8.34. The van der Waals surface area contributed by atoms with Crippen molar-refractivity contribution < 1.29 is 4.74 Å². The number of hydrogen-bond acceptors (Lipinski definition) is 3. The van der Waals surface area contributed by atoms with Crippen LogP contribution in [0.15, 0.2) is 30.6 Å². The zero-order valence-electron chi connectivity index (χ0n) is 12.5. The van der Waals surface area contributed by atoms with E-state index in [0.29, 0.717) is 12.5 Å². The maximum Gasteiger partial charge on any atom is 0.164 e. The maximum atomic E-state index is 5.78. The molecule has 0 fully saturated rings. The molecule has 0 saturated carbocycles. The Morgan fingerprint density at radius 2 is 1.95 bits per heavy atom. The lowest BCUT2D eigenvalue weighted by Crippen LogP contribution is -2.08. The van der Waals surface area contributed by atoms with Gasteiger partial charge in [0.25, 0.3) is 0 Å². The molecular weight excluding hydrogens is 250 g/mol. The SMILES string of the molecule is CCCn1ncnc1COc1ccc(C(C)CC)cc1. The lowest BCUT2D eigenvalue weighted by molar-refractivity contribution is 0.286. The predicted molar refractivity (Wildman–Crippen MR) is 79.8 cm³/mol. The molecule has 1 heterocycles. The standard InChI is InChI=1S/C16H23N3O/c1-4-10-19-16(17-12-18-19)11-20-15-8-6-14(7-9-15)13(3)5-2/h6-9,12-13H,4-5,10-11H2,1-3H3. The van der Waals surface area contributed by atoms with Gasteiger partial charge in [-0.2, -0.15) is 5.10 Å². The Morgan fingerprint density at radius 1 is 1.20 bits per heavy atom. The summed E-state index contributed by atoms with van der Waals surface area (Å²) in [5.74, 6) is 2.35. The molecule has 0 radical (unpaired) electrons. The van der Waals surface area contributed by atoms with E-state index in [1.54, 1.807) is 6.33 Å². The molecule has 0 aliphatic rings. The van der Waals surface area contributed by atoms with Gasteiger partial charge in [0.15, 0.2) is 5.82 Å². The summed E-state index contributed by atoms with van der Waals surface area (Å²) in [5.41, 5.74) is 1.36. The lowest BCUT2D eigenvalue weighted by Gasteiger charge is -2.11. The highest BCUT2D eigenvalue weighted by Gasteiger charge is 2.06. The van der Waals surface area contributed by atoms with Crippen LogP contribution in [0.25, 0.3) is 0 Å². The molecule has 0 aliphatic carbocycles. The first-order valence-electron chi connectivity index (χ1n) is 7.34. The van der Waals surface area contributed by atoms with Crippen LogP contribution >= 0.6 is 0 Å². The van der Waals surface area contributed by atoms with Crippen molar-refractivity contribution in [3.63, 3.8) is 0 Å². The normalized spacial score (nSPS) is 12.3. The zero-order chi connectivity index (χ0) is 14.4. The molecule has 4 heteroatoms. The Morgan fingerprint density at radius 3 is 2.60 bits per heavy atom. The highest BCUT2D eigenvalue weighted by atomic mass is 16.5. The quantitative estimate of drug-likeness (QED) is 0.770. The molecular formula is C16H23N3O. The molecule has 1 atom stereocenters. The summed E-state index contributed by atoms with van der Waals surface area (Å²) < 4.78 is 7.68. The van der Waals surface area contributed by atoms with Gasteiger partial charge in [0.05, 0.1) is 0 Å². The minimum Gasteiger partial charge on any atom is -0.486 e. The number of ether oxygens (including phenoxy) is 1. The second-order valence-electron chi connectivity index (χ2n) is 5.07. The van der Waals surface area contributed by atoms with E-state index in [0.717, 1.165) is 31.0 Å². The van der Waals surface area contributed by atoms with E-state index in [-0.39, 0.29) is 0 Å². The average Bonchev–Trinajstić information content (AvgIpc) is 2.92. The zero-order valence-corrected chi connectivity index (χ0v) is 12.5. The van der Waals surface area contributed by atoms with Crippen molar-refractivity contribution in [2.45, 2.75) is 52.7 Å². The fourth-order valence-electron chi connectivity index (χ4n) is 2.07. The molecule has 0 aliphatic heterocycles. The van der Waals surface area contributed by atoms with Crippen LogP contribution in [0, 0.1) is 0 Å². The largest absolute Gasteiger partial charge is 0.486 e. The number of hydrogen-bond donors (Lipinski definition) is 0. The van der Waals surface area contributed by atoms with Crippen LogP contribution in [0.1, 0.15) is 50.9 Å². The summed E-state index contributed by atoms with van der Waals surface area (Å²) >= 11 is 0. The number of nitrogens with zero attached hydrogens (tertiary/aromatic N) is 3. The van der Waals surface area contributed by atoms with E-state index >= 15 is 0 Å². The van der Waals surface area contributed by atoms with E-state index < -0.39 is 0 Å². The van der Waals surface area contributed by atoms with Gasteiger partial charge in [0, 0.05) is 6.54 Å². The topological polar surface area (TPSA) is 39.9 Å². The summed E-state index contributed by atoms with van der Waals surface area (Å²) in [6.07, 6.45) is 3.78. The third-order valence-corrected chi connectivity index (χ3v) is 3.56. The Kier molecular flexibility index (Phi) is 5.16. The highest BCUT2D eigenvalue weighted by molar-refractivity contribution is 5.29. The summed E-state index contributed by atoms with van der Waals surface area (Å²) in [4.78, 5) is 4.24. The smallest absolute Gasteiger partial charge is 0.164 e. The molecule has 0 bridgehead atoms. The van der Waals surface area contributed by atoms with Crippen LogP contribution in [-0.4, -0.2) is 14.8 Å². The minimum atomic E-state index is 0.461. The summed E-state index contributed by atoms with van der Waals surface area (Å²) in [6.45, 7) is 7.91. The number of rotatable bonds is 7. The molecule has 1 aromatic carbocycles. The van der Waals surface area contributed by atoms with Gasteiger partial charge in [0.1, 0.15) is 18.7 Å². The molecule has 0 N–H and O–H groups in total. The number of benzene rings is 1. The van der Waals surface area contributed by atoms with E-state index in [2.05, 4.69) is 43.0 Å². The second-order valence-corrected chi connectivity index (χ2v) is 5.07. The molecule has 2 rings (SSSR count). The predicted octanol–water partition coefficient (Wildman–Crippen LogP) is 3.78. The Bertz CT molecular complexity index is 519. The fourth-order valence-corrected chi connectivity index (χ4v) is 2.07. The van der Waals surface area contributed by atoms with Crippen molar-refractivity contribution in [3.8, 4) is 5.75 Å². The minimum absolute atomic E-state index is 0.461. The second kappa shape index (κ2) is 7.08. The molecule has 0 saturated heterocycles. The summed E-state index contributed by atoms with van der Waals surface area (Å²) in [7, 11) is 0. The highest BCUT2D eigenvalue weighted by Crippen LogP contribution is 2.21. The van der Waals surface area contributed by atoms with Crippen LogP contribution in [0.2, 0.25) is 0 Å². The van der Waals surface area contributed by atoms with Crippen molar-refractivity contribution in [3.05, 3.63) is 42.0 Å². The van der Waals surface area contributed by atoms with Crippen molar-refractivity contribution in [1.82, 2.24) is 14.8 Å². The van der Waals surface area contributed by atoms with Gasteiger partial charge in [-0.3, -0.25) is 0 Å². The third-order valence-electron chi connectivity index (χ3n) is 3.56. The van der Waals surface area contributed by atoms with Gasteiger partial charge in [-0.1, -0.05) is 32.9 Å². The van der Waals surface area contributed by atoms with E-state index in [1.165, 1.54) is 5.56 Å². The van der Waals surface area contributed by atoms with E-state index in [1.807, 2.05) is 16.8 Å². The first-order valence-corrected chi connectivity index (χ1v) is 7.34. The molecule has 0 spiro atoms. The van der Waals surface area contributed by atoms with Gasteiger partial charge in [-0.15, -0.1) is 0 Å². The maximum absolute atomic E-state index is 5.78. The molecule has 2 aromatic rings. The van der Waals surface area contributed by atoms with Crippen LogP contribution < -0.4 is 4.74 Å². The molecule has 4 nitrogen and oxygen atoms in total. The average molecular weight is 273 g/mol. The number of aromatic nitrogens is 3. The van der Waals surface area contributed by atoms with E-state index in [9.17, 15) is 0 Å². The van der Waals surface area contributed by atoms with Crippen molar-refractivity contribution >= 4 is 0 Å². The number of aryl methyl sites for hydroxylation is 1. The van der Waals surface area contributed by atoms with Gasteiger partial charge in [-0.05, 0) is 36.5 Å². The van der Waals surface area contributed by atoms with Gasteiger partial charge < -0.3 is 4.74 Å². The van der Waals surface area contributed by atoms with Crippen LogP contribution in [0.4, 0.5) is 0 Å². The Balaban J connectivity index is 1.95. The molecule has 0 amide bonds. The van der Waals surface area contributed by atoms with Crippen LogP contribution in [0.3, 0.4) is 0 Å². The van der Waals surface area contributed by atoms with Gasteiger partial charge in [0.2, 0.25) is 0 Å². The first kappa shape index (κ1) is 14.6. The fraction of sp³-hybridized carbons (Fsp3) is 0.500. The monoisotopic (exact) mass is 273 g/mol. The lowest BCUT2D eigenvalue weighted by atomic mass is 9.99. The third kappa shape index (κ3) is 3.59. The molecule has 1 aromatic heterocycles. The molecule has 108 valence electrons.